The number of hydrazone groups is 1. The largest absolute Gasteiger partial charge is 0.306 e. The molecule has 0 fully saturated rings. The van der Waals surface area contributed by atoms with Crippen molar-refractivity contribution in [3.8, 4) is 0 Å². The zero-order chi connectivity index (χ0) is 16.0. The van der Waals surface area contributed by atoms with Gasteiger partial charge in [0.15, 0.2) is 5.84 Å². The van der Waals surface area contributed by atoms with Gasteiger partial charge in [-0.05, 0) is 30.5 Å². The first-order valence-electron chi connectivity index (χ1n) is 7.27. The van der Waals surface area contributed by atoms with Crippen molar-refractivity contribution < 1.29 is 0 Å². The van der Waals surface area contributed by atoms with Crippen molar-refractivity contribution in [2.45, 2.75) is 13.1 Å². The standard InChI is InChI=1S/C15H15ClN6S/c1-2-21-19-14-12(9-3-5-10(16)6-4-9)18-13(17)11-7-8-23-15(11)22(14)20-21/h3-8,13,20H,2,17H2,1H3. The van der Waals surface area contributed by atoms with Crippen LogP contribution in [-0.2, 0) is 0 Å². The van der Waals surface area contributed by atoms with Crippen LogP contribution in [0.4, 0.5) is 5.00 Å². The number of nitrogens with two attached hydrogens (primary N) is 1. The van der Waals surface area contributed by atoms with Crippen molar-refractivity contribution in [3.05, 3.63) is 51.9 Å². The van der Waals surface area contributed by atoms with Crippen LogP contribution in [0, 0.1) is 0 Å². The molecule has 23 heavy (non-hydrogen) atoms. The molecule has 4 rings (SSSR count). The Morgan fingerprint density at radius 3 is 2.83 bits per heavy atom. The van der Waals surface area contributed by atoms with Gasteiger partial charge in [-0.15, -0.1) is 22.0 Å². The van der Waals surface area contributed by atoms with Gasteiger partial charge in [-0.3, -0.25) is 4.99 Å². The number of fused-ring (bicyclic) bond motifs is 3. The van der Waals surface area contributed by atoms with Crippen molar-refractivity contribution in [3.63, 3.8) is 0 Å². The molecule has 6 nitrogen and oxygen atoms in total. The van der Waals surface area contributed by atoms with Crippen LogP contribution >= 0.6 is 22.9 Å². The second-order valence-corrected chi connectivity index (χ2v) is 6.52. The van der Waals surface area contributed by atoms with Crippen molar-refractivity contribution in [2.75, 3.05) is 11.6 Å². The van der Waals surface area contributed by atoms with Gasteiger partial charge < -0.3 is 5.73 Å². The van der Waals surface area contributed by atoms with E-state index in [1.54, 1.807) is 16.5 Å². The minimum atomic E-state index is -0.424. The normalized spacial score (nSPS) is 19.9. The van der Waals surface area contributed by atoms with E-state index in [1.165, 1.54) is 0 Å². The molecule has 8 heteroatoms. The molecule has 1 unspecified atom stereocenters. The van der Waals surface area contributed by atoms with Gasteiger partial charge in [0.1, 0.15) is 16.9 Å². The third kappa shape index (κ3) is 2.42. The Hall–Kier alpha value is -1.93. The van der Waals surface area contributed by atoms with Crippen LogP contribution in [0.5, 0.6) is 0 Å². The van der Waals surface area contributed by atoms with Gasteiger partial charge in [-0.1, -0.05) is 23.7 Å². The predicted octanol–water partition coefficient (Wildman–Crippen LogP) is 2.74. The fourth-order valence-corrected chi connectivity index (χ4v) is 3.60. The topological polar surface area (TPSA) is 69.2 Å². The highest BCUT2D eigenvalue weighted by Crippen LogP contribution is 2.36. The number of halogens is 1. The molecule has 3 N–H and O–H groups in total. The van der Waals surface area contributed by atoms with Crippen molar-refractivity contribution >= 4 is 39.5 Å². The molecule has 0 amide bonds. The van der Waals surface area contributed by atoms with Gasteiger partial charge in [0, 0.05) is 16.1 Å². The fraction of sp³-hybridized carbons (Fsp3) is 0.200. The lowest BCUT2D eigenvalue weighted by atomic mass is 10.1. The Bertz CT molecular complexity index is 797. The van der Waals surface area contributed by atoms with Crippen LogP contribution in [0.1, 0.15) is 24.2 Å². The Morgan fingerprint density at radius 1 is 1.30 bits per heavy atom. The first kappa shape index (κ1) is 14.6. The van der Waals surface area contributed by atoms with Crippen molar-refractivity contribution in [2.24, 2.45) is 15.8 Å². The number of amidine groups is 1. The summed E-state index contributed by atoms with van der Waals surface area (Å²) in [6, 6.07) is 9.56. The molecule has 3 heterocycles. The second kappa shape index (κ2) is 5.61. The first-order chi connectivity index (χ1) is 11.2. The molecule has 118 valence electrons. The summed E-state index contributed by atoms with van der Waals surface area (Å²) in [5.74, 6) is 0.742. The van der Waals surface area contributed by atoms with Gasteiger partial charge >= 0.3 is 0 Å². The van der Waals surface area contributed by atoms with Gasteiger partial charge in [0.2, 0.25) is 0 Å². The summed E-state index contributed by atoms with van der Waals surface area (Å²) in [6.45, 7) is 2.77. The molecular formula is C15H15ClN6S. The van der Waals surface area contributed by atoms with Crippen LogP contribution < -0.4 is 16.3 Å². The van der Waals surface area contributed by atoms with E-state index < -0.39 is 6.17 Å². The molecule has 0 saturated carbocycles. The number of rotatable bonds is 2. The molecule has 0 aliphatic carbocycles. The number of nitrogens with one attached hydrogen (secondary N) is 1. The monoisotopic (exact) mass is 346 g/mol. The van der Waals surface area contributed by atoms with Gasteiger partial charge in [0.25, 0.3) is 0 Å². The van der Waals surface area contributed by atoms with Crippen LogP contribution in [0.3, 0.4) is 0 Å². The number of anilines is 1. The Balaban J connectivity index is 1.87. The molecule has 0 spiro atoms. The van der Waals surface area contributed by atoms with Gasteiger partial charge in [-0.2, -0.15) is 0 Å². The third-order valence-corrected chi connectivity index (χ3v) is 4.90. The van der Waals surface area contributed by atoms with E-state index in [1.807, 2.05) is 47.6 Å². The average Bonchev–Trinajstić information content (AvgIpc) is 3.18. The van der Waals surface area contributed by atoms with Crippen LogP contribution in [0.2, 0.25) is 5.02 Å². The molecule has 0 bridgehead atoms. The van der Waals surface area contributed by atoms with Gasteiger partial charge in [0.05, 0.1) is 6.54 Å². The Labute approximate surface area is 142 Å². The number of aliphatic imine (C=N–C) groups is 1. The third-order valence-electron chi connectivity index (χ3n) is 3.74. The average molecular weight is 347 g/mol. The van der Waals surface area contributed by atoms with E-state index in [4.69, 9.17) is 22.3 Å². The lowest BCUT2D eigenvalue weighted by molar-refractivity contribution is 0.236. The molecule has 1 aromatic carbocycles. The van der Waals surface area contributed by atoms with Crippen LogP contribution in [0.25, 0.3) is 0 Å². The van der Waals surface area contributed by atoms with Crippen LogP contribution in [0.15, 0.2) is 45.8 Å². The van der Waals surface area contributed by atoms with Gasteiger partial charge in [-0.25, -0.2) is 10.1 Å². The van der Waals surface area contributed by atoms with E-state index in [2.05, 4.69) is 10.6 Å². The number of hydrogen-bond acceptors (Lipinski definition) is 7. The summed E-state index contributed by atoms with van der Waals surface area (Å²) >= 11 is 7.61. The summed E-state index contributed by atoms with van der Waals surface area (Å²) in [4.78, 5) is 4.72. The SMILES string of the molecule is CCN1N=C2C(c3ccc(Cl)cc3)=NC(N)c3ccsc3N2N1. The predicted molar refractivity (Wildman–Crippen MR) is 94.7 cm³/mol. The first-order valence-corrected chi connectivity index (χ1v) is 8.52. The van der Waals surface area contributed by atoms with E-state index in [0.29, 0.717) is 5.02 Å². The Morgan fingerprint density at radius 2 is 2.09 bits per heavy atom. The summed E-state index contributed by atoms with van der Waals surface area (Å²) in [6.07, 6.45) is -0.424. The molecule has 0 radical (unpaired) electrons. The minimum Gasteiger partial charge on any atom is -0.306 e. The maximum Gasteiger partial charge on any atom is 0.197 e. The van der Waals surface area contributed by atoms with Crippen molar-refractivity contribution in [1.82, 2.24) is 10.7 Å². The molecule has 1 atom stereocenters. The molecule has 2 aromatic rings. The number of hydrazine groups is 2. The summed E-state index contributed by atoms with van der Waals surface area (Å²) < 4.78 is 0. The number of nitrogens with zero attached hydrogens (tertiary/aromatic N) is 4. The van der Waals surface area contributed by atoms with E-state index >= 15 is 0 Å². The maximum atomic E-state index is 6.29. The van der Waals surface area contributed by atoms with E-state index in [9.17, 15) is 0 Å². The highest BCUT2D eigenvalue weighted by molar-refractivity contribution is 7.14. The Kier molecular flexibility index (Phi) is 3.57. The zero-order valence-corrected chi connectivity index (χ0v) is 14.0. The zero-order valence-electron chi connectivity index (χ0n) is 12.4. The summed E-state index contributed by atoms with van der Waals surface area (Å²) in [7, 11) is 0. The quantitative estimate of drug-likeness (QED) is 0.877. The van der Waals surface area contributed by atoms with E-state index in [0.717, 1.165) is 34.2 Å². The lowest BCUT2D eigenvalue weighted by Crippen LogP contribution is -2.44. The molecular weight excluding hydrogens is 332 g/mol. The summed E-state index contributed by atoms with van der Waals surface area (Å²) in [5, 5.41) is 12.1. The molecule has 1 aromatic heterocycles. The molecule has 2 aliphatic rings. The maximum absolute atomic E-state index is 6.29. The minimum absolute atomic E-state index is 0.424. The highest BCUT2D eigenvalue weighted by atomic mass is 35.5. The summed E-state index contributed by atoms with van der Waals surface area (Å²) in [5.41, 5.74) is 12.2. The number of hydrogen-bond donors (Lipinski definition) is 2. The van der Waals surface area contributed by atoms with E-state index in [-0.39, 0.29) is 0 Å². The molecule has 2 aliphatic heterocycles. The fourth-order valence-electron chi connectivity index (χ4n) is 2.58. The number of thiophene rings is 1. The lowest BCUT2D eigenvalue weighted by Gasteiger charge is -2.20. The highest BCUT2D eigenvalue weighted by Gasteiger charge is 2.34. The van der Waals surface area contributed by atoms with Crippen molar-refractivity contribution in [1.29, 1.82) is 0 Å². The number of benzene rings is 1. The molecule has 0 saturated heterocycles. The second-order valence-electron chi connectivity index (χ2n) is 5.19. The smallest absolute Gasteiger partial charge is 0.197 e. The van der Waals surface area contributed by atoms with Crippen LogP contribution in [-0.4, -0.2) is 23.2 Å².